The van der Waals surface area contributed by atoms with Crippen LogP contribution in [0.15, 0.2) is 24.3 Å². The van der Waals surface area contributed by atoms with Gasteiger partial charge in [-0.25, -0.2) is 0 Å². The lowest BCUT2D eigenvalue weighted by atomic mass is 9.99. The lowest BCUT2D eigenvalue weighted by Crippen LogP contribution is -2.10. The van der Waals surface area contributed by atoms with E-state index in [0.717, 1.165) is 12.0 Å². The maximum absolute atomic E-state index is 12.0. The molecule has 0 aliphatic rings. The van der Waals surface area contributed by atoms with Crippen molar-refractivity contribution in [3.63, 3.8) is 0 Å². The van der Waals surface area contributed by atoms with Gasteiger partial charge in [0.2, 0.25) is 0 Å². The fraction of sp³-hybridized carbons (Fsp3) is 0.500. The highest BCUT2D eigenvalue weighted by Gasteiger charge is 2.27. The van der Waals surface area contributed by atoms with Crippen LogP contribution < -0.4 is 0 Å². The highest BCUT2D eigenvalue weighted by molar-refractivity contribution is 9.09. The highest BCUT2D eigenvalue weighted by Crippen LogP contribution is 2.32. The Morgan fingerprint density at radius 2 is 1.83 bits per heavy atom. The van der Waals surface area contributed by atoms with Gasteiger partial charge in [0.1, 0.15) is 0 Å². The first-order chi connectivity index (χ1) is 8.40. The van der Waals surface area contributed by atoms with Crippen LogP contribution in [-0.2, 0) is 6.42 Å². The van der Waals surface area contributed by atoms with Crippen molar-refractivity contribution in [2.24, 2.45) is 5.92 Å². The molecule has 1 aromatic carbocycles. The zero-order valence-corrected chi connectivity index (χ0v) is 12.7. The zero-order chi connectivity index (χ0) is 13.6. The van der Waals surface area contributed by atoms with Gasteiger partial charge in [0, 0.05) is 16.1 Å². The summed E-state index contributed by atoms with van der Waals surface area (Å²) in [5, 5.41) is 1.37. The summed E-state index contributed by atoms with van der Waals surface area (Å²) in [5.41, 5.74) is -3.03. The summed E-state index contributed by atoms with van der Waals surface area (Å²) in [6.07, 6.45) is 1.30. The van der Waals surface area contributed by atoms with Crippen LogP contribution >= 0.6 is 39.3 Å². The van der Waals surface area contributed by atoms with E-state index >= 15 is 0 Å². The van der Waals surface area contributed by atoms with Gasteiger partial charge >= 0.3 is 5.51 Å². The third-order valence-corrected chi connectivity index (χ3v) is 4.38. The van der Waals surface area contributed by atoms with E-state index in [9.17, 15) is 13.2 Å². The van der Waals surface area contributed by atoms with E-state index in [1.165, 1.54) is 0 Å². The number of rotatable bonds is 6. The molecular formula is C12H13BrClF3S. The van der Waals surface area contributed by atoms with Crippen LogP contribution in [0.1, 0.15) is 12.0 Å². The first-order valence-electron chi connectivity index (χ1n) is 5.42. The predicted molar refractivity (Wildman–Crippen MR) is 75.6 cm³/mol. The standard InChI is InChI=1S/C12H13BrClF3S/c13-8-10(5-6-18-12(15,16)17)7-9-1-3-11(14)4-2-9/h1-4,10H,5-8H2. The Balaban J connectivity index is 2.40. The van der Waals surface area contributed by atoms with E-state index in [0.29, 0.717) is 16.8 Å². The summed E-state index contributed by atoms with van der Waals surface area (Å²) in [5.74, 6) is 0.314. The molecule has 0 fully saturated rings. The van der Waals surface area contributed by atoms with E-state index in [2.05, 4.69) is 15.9 Å². The molecule has 18 heavy (non-hydrogen) atoms. The van der Waals surface area contributed by atoms with Crippen LogP contribution in [0.5, 0.6) is 0 Å². The molecule has 1 aromatic rings. The van der Waals surface area contributed by atoms with Gasteiger partial charge in [-0.2, -0.15) is 13.2 Å². The van der Waals surface area contributed by atoms with Crippen LogP contribution in [0.3, 0.4) is 0 Å². The molecule has 0 heterocycles. The lowest BCUT2D eigenvalue weighted by Gasteiger charge is -2.14. The van der Waals surface area contributed by atoms with Crippen molar-refractivity contribution >= 4 is 39.3 Å². The molecule has 0 amide bonds. The van der Waals surface area contributed by atoms with Crippen molar-refractivity contribution < 1.29 is 13.2 Å². The Labute approximate surface area is 122 Å². The fourth-order valence-corrected chi connectivity index (χ4v) is 2.89. The summed E-state index contributed by atoms with van der Waals surface area (Å²) >= 11 is 9.18. The second-order valence-corrected chi connectivity index (χ2v) is 6.18. The van der Waals surface area contributed by atoms with Crippen molar-refractivity contribution in [1.82, 2.24) is 0 Å². The molecule has 0 radical (unpaired) electrons. The third-order valence-electron chi connectivity index (χ3n) is 2.45. The maximum atomic E-state index is 12.0. The number of thioether (sulfide) groups is 1. The number of hydrogen-bond acceptors (Lipinski definition) is 1. The van der Waals surface area contributed by atoms with Crippen molar-refractivity contribution in [2.45, 2.75) is 18.3 Å². The minimum absolute atomic E-state index is 0.0483. The summed E-state index contributed by atoms with van der Waals surface area (Å²) in [7, 11) is 0. The Hall–Kier alpha value is 0.130. The van der Waals surface area contributed by atoms with Gasteiger partial charge in [0.05, 0.1) is 0 Å². The Morgan fingerprint density at radius 1 is 1.22 bits per heavy atom. The topological polar surface area (TPSA) is 0 Å². The van der Waals surface area contributed by atoms with Crippen molar-refractivity contribution in [1.29, 1.82) is 0 Å². The molecule has 0 saturated heterocycles. The van der Waals surface area contributed by atoms with Gasteiger partial charge in [0.25, 0.3) is 0 Å². The Morgan fingerprint density at radius 3 is 2.33 bits per heavy atom. The first kappa shape index (κ1) is 16.2. The summed E-state index contributed by atoms with van der Waals surface area (Å²) in [6.45, 7) is 0. The molecule has 0 nitrogen and oxygen atoms in total. The number of benzene rings is 1. The summed E-state index contributed by atoms with van der Waals surface area (Å²) in [6, 6.07) is 7.42. The first-order valence-corrected chi connectivity index (χ1v) is 7.90. The van der Waals surface area contributed by atoms with E-state index in [4.69, 9.17) is 11.6 Å². The smallest absolute Gasteiger partial charge is 0.160 e. The zero-order valence-electron chi connectivity index (χ0n) is 9.51. The molecule has 0 aliphatic carbocycles. The van der Waals surface area contributed by atoms with E-state index in [1.807, 2.05) is 12.1 Å². The number of halogens is 5. The minimum atomic E-state index is -4.13. The van der Waals surface area contributed by atoms with Crippen LogP contribution in [0, 0.1) is 5.92 Å². The molecule has 0 aliphatic heterocycles. The molecule has 0 saturated carbocycles. The van der Waals surface area contributed by atoms with Crippen molar-refractivity contribution in [3.05, 3.63) is 34.9 Å². The van der Waals surface area contributed by atoms with Crippen molar-refractivity contribution in [2.75, 3.05) is 11.1 Å². The molecule has 102 valence electrons. The number of hydrogen-bond donors (Lipinski definition) is 0. The Bertz CT molecular complexity index is 353. The maximum Gasteiger partial charge on any atom is 0.441 e. The highest BCUT2D eigenvalue weighted by atomic mass is 79.9. The number of alkyl halides is 4. The van der Waals surface area contributed by atoms with Crippen LogP contribution in [0.2, 0.25) is 5.02 Å². The molecule has 0 bridgehead atoms. The summed E-state index contributed by atoms with van der Waals surface area (Å²) < 4.78 is 36.1. The minimum Gasteiger partial charge on any atom is -0.160 e. The average Bonchev–Trinajstić information content (AvgIpc) is 2.29. The molecule has 0 aromatic heterocycles. The van der Waals surface area contributed by atoms with E-state index < -0.39 is 5.51 Å². The second kappa shape index (κ2) is 7.65. The molecule has 0 spiro atoms. The van der Waals surface area contributed by atoms with E-state index in [1.54, 1.807) is 12.1 Å². The van der Waals surface area contributed by atoms with Gasteiger partial charge in [-0.15, -0.1) is 0 Å². The van der Waals surface area contributed by atoms with Gasteiger partial charge in [-0.05, 0) is 36.5 Å². The molecule has 1 atom stereocenters. The lowest BCUT2D eigenvalue weighted by molar-refractivity contribution is -0.0328. The van der Waals surface area contributed by atoms with Crippen LogP contribution in [0.25, 0.3) is 0 Å². The average molecular weight is 362 g/mol. The SMILES string of the molecule is FC(F)(F)SCCC(CBr)Cc1ccc(Cl)cc1. The largest absolute Gasteiger partial charge is 0.441 e. The molecule has 0 N–H and O–H groups in total. The van der Waals surface area contributed by atoms with Crippen LogP contribution in [0.4, 0.5) is 13.2 Å². The molecule has 1 unspecified atom stereocenters. The molecular weight excluding hydrogens is 349 g/mol. The van der Waals surface area contributed by atoms with Gasteiger partial charge < -0.3 is 0 Å². The second-order valence-electron chi connectivity index (χ2n) is 3.93. The monoisotopic (exact) mass is 360 g/mol. The fourth-order valence-electron chi connectivity index (χ4n) is 1.53. The van der Waals surface area contributed by atoms with Gasteiger partial charge in [0.15, 0.2) is 0 Å². The molecule has 6 heteroatoms. The quantitative estimate of drug-likeness (QED) is 0.600. The van der Waals surface area contributed by atoms with E-state index in [-0.39, 0.29) is 23.4 Å². The third kappa shape index (κ3) is 6.90. The summed E-state index contributed by atoms with van der Waals surface area (Å²) in [4.78, 5) is 0. The van der Waals surface area contributed by atoms with Crippen LogP contribution in [-0.4, -0.2) is 16.6 Å². The predicted octanol–water partition coefficient (Wildman–Crippen LogP) is 5.54. The Kier molecular flexibility index (Phi) is 6.88. The molecule has 1 rings (SSSR count). The normalized spacial score (nSPS) is 13.6. The van der Waals surface area contributed by atoms with Gasteiger partial charge in [-0.1, -0.05) is 51.4 Å². The van der Waals surface area contributed by atoms with Gasteiger partial charge in [-0.3, -0.25) is 0 Å². The van der Waals surface area contributed by atoms with Crippen molar-refractivity contribution in [3.8, 4) is 0 Å².